The highest BCUT2D eigenvalue weighted by molar-refractivity contribution is 7.89. The quantitative estimate of drug-likeness (QED) is 0.686. The second-order valence-corrected chi connectivity index (χ2v) is 9.96. The molecule has 2 saturated heterocycles. The van der Waals surface area contributed by atoms with Gasteiger partial charge in [0.1, 0.15) is 6.04 Å². The zero-order valence-corrected chi connectivity index (χ0v) is 18.2. The van der Waals surface area contributed by atoms with Gasteiger partial charge in [-0.3, -0.25) is 9.59 Å². The first-order chi connectivity index (χ1) is 13.7. The Morgan fingerprint density at radius 2 is 1.90 bits per heavy atom. The van der Waals surface area contributed by atoms with Crippen molar-refractivity contribution in [1.29, 1.82) is 0 Å². The van der Waals surface area contributed by atoms with Gasteiger partial charge in [-0.05, 0) is 37.5 Å². The van der Waals surface area contributed by atoms with E-state index in [-0.39, 0.29) is 40.5 Å². The fourth-order valence-corrected chi connectivity index (χ4v) is 6.69. The Kier molecular flexibility index (Phi) is 6.74. The summed E-state index contributed by atoms with van der Waals surface area (Å²) in [5.74, 6) is -1.82. The van der Waals surface area contributed by atoms with Gasteiger partial charge in [-0.2, -0.15) is 4.31 Å². The number of sulfonamides is 1. The predicted molar refractivity (Wildman–Crippen MR) is 108 cm³/mol. The molecule has 2 amide bonds. The van der Waals surface area contributed by atoms with E-state index in [2.05, 4.69) is 0 Å². The molecule has 29 heavy (non-hydrogen) atoms. The van der Waals surface area contributed by atoms with Crippen molar-refractivity contribution in [2.75, 3.05) is 26.8 Å². The number of benzene rings is 1. The van der Waals surface area contributed by atoms with E-state index in [4.69, 9.17) is 33.7 Å². The average Bonchev–Trinajstić information content (AvgIpc) is 2.72. The number of carbonyl (C=O) groups is 2. The first-order valence-electron chi connectivity index (χ1n) is 9.23. The van der Waals surface area contributed by atoms with E-state index in [1.807, 2.05) is 0 Å². The maximum Gasteiger partial charge on any atom is 0.244 e. The Labute approximate surface area is 179 Å². The largest absolute Gasteiger partial charge is 0.383 e. The molecule has 11 heteroatoms. The van der Waals surface area contributed by atoms with Crippen LogP contribution in [0.1, 0.15) is 19.3 Å². The first-order valence-corrected chi connectivity index (χ1v) is 11.4. The van der Waals surface area contributed by atoms with Crippen molar-refractivity contribution in [2.24, 2.45) is 11.7 Å². The molecule has 2 bridgehead atoms. The molecule has 2 aliphatic heterocycles. The number of hydrogen-bond acceptors (Lipinski definition) is 5. The minimum atomic E-state index is -4.15. The number of hydrogen-bond donors (Lipinski definition) is 1. The third-order valence-corrected chi connectivity index (χ3v) is 7.78. The van der Waals surface area contributed by atoms with Gasteiger partial charge in [-0.25, -0.2) is 8.42 Å². The zero-order valence-electron chi connectivity index (χ0n) is 15.9. The summed E-state index contributed by atoms with van der Waals surface area (Å²) in [4.78, 5) is 26.8. The molecule has 2 aliphatic rings. The van der Waals surface area contributed by atoms with E-state index in [1.165, 1.54) is 30.2 Å². The minimum absolute atomic E-state index is 0.0566. The molecule has 0 radical (unpaired) electrons. The summed E-state index contributed by atoms with van der Waals surface area (Å²) in [5, 5.41) is 0.325. The molecule has 2 fully saturated rings. The molecule has 0 saturated carbocycles. The standard InChI is InChI=1S/C18H23Cl2N3O5S/c1-28-6-5-22-10-14(17(21)24)15-3-2-4-16(18(22)25)23(15)29(26,27)13-8-11(19)7-12(20)9-13/h7-9,14-16H,2-6,10H2,1H3,(H2,21,24)/t14-,15-,16?/m0/s1. The lowest BCUT2D eigenvalue weighted by Gasteiger charge is -2.40. The molecule has 160 valence electrons. The van der Waals surface area contributed by atoms with Crippen molar-refractivity contribution in [3.63, 3.8) is 0 Å². The van der Waals surface area contributed by atoms with Crippen LogP contribution in [-0.4, -0.2) is 68.3 Å². The lowest BCUT2D eigenvalue weighted by atomic mass is 9.90. The fraction of sp³-hybridized carbons (Fsp3) is 0.556. The van der Waals surface area contributed by atoms with Crippen LogP contribution in [0.25, 0.3) is 0 Å². The highest BCUT2D eigenvalue weighted by Gasteiger charge is 2.51. The van der Waals surface area contributed by atoms with Gasteiger partial charge in [0.2, 0.25) is 21.8 Å². The van der Waals surface area contributed by atoms with Gasteiger partial charge >= 0.3 is 0 Å². The molecule has 2 N–H and O–H groups in total. The van der Waals surface area contributed by atoms with Crippen LogP contribution >= 0.6 is 23.2 Å². The highest BCUT2D eigenvalue weighted by Crippen LogP contribution is 2.38. The Bertz CT molecular complexity index is 891. The van der Waals surface area contributed by atoms with Crippen LogP contribution in [0.5, 0.6) is 0 Å². The van der Waals surface area contributed by atoms with Crippen molar-refractivity contribution < 1.29 is 22.7 Å². The molecule has 3 rings (SSSR count). The second-order valence-electron chi connectivity index (χ2n) is 7.24. The number of halogens is 2. The molecule has 8 nitrogen and oxygen atoms in total. The first kappa shape index (κ1) is 22.3. The van der Waals surface area contributed by atoms with Gasteiger partial charge in [0.05, 0.1) is 17.4 Å². The van der Waals surface area contributed by atoms with E-state index < -0.39 is 33.9 Å². The van der Waals surface area contributed by atoms with Gasteiger partial charge < -0.3 is 15.4 Å². The Balaban J connectivity index is 2.10. The van der Waals surface area contributed by atoms with Gasteiger partial charge in [0.15, 0.2) is 0 Å². The van der Waals surface area contributed by atoms with Crippen molar-refractivity contribution in [1.82, 2.24) is 9.21 Å². The second kappa shape index (κ2) is 8.77. The van der Waals surface area contributed by atoms with E-state index in [9.17, 15) is 18.0 Å². The van der Waals surface area contributed by atoms with Gasteiger partial charge in [-0.1, -0.05) is 23.2 Å². The van der Waals surface area contributed by atoms with Crippen LogP contribution in [0.15, 0.2) is 23.1 Å². The van der Waals surface area contributed by atoms with Gasteiger partial charge in [0.25, 0.3) is 0 Å². The maximum absolute atomic E-state index is 13.6. The molecule has 1 unspecified atom stereocenters. The Hall–Kier alpha value is -1.39. The summed E-state index contributed by atoms with van der Waals surface area (Å²) >= 11 is 12.0. The van der Waals surface area contributed by atoms with Crippen molar-refractivity contribution in [2.45, 2.75) is 36.2 Å². The molecule has 0 aliphatic carbocycles. The lowest BCUT2D eigenvalue weighted by molar-refractivity contribution is -0.135. The van der Waals surface area contributed by atoms with Crippen molar-refractivity contribution in [3.05, 3.63) is 28.2 Å². The smallest absolute Gasteiger partial charge is 0.244 e. The summed E-state index contributed by atoms with van der Waals surface area (Å²) in [6.07, 6.45) is 1.41. The number of nitrogens with zero attached hydrogens (tertiary/aromatic N) is 2. The van der Waals surface area contributed by atoms with Crippen molar-refractivity contribution in [3.8, 4) is 0 Å². The fourth-order valence-electron chi connectivity index (χ4n) is 4.10. The number of carbonyl (C=O) groups excluding carboxylic acids is 2. The van der Waals surface area contributed by atoms with Crippen LogP contribution in [0, 0.1) is 5.92 Å². The zero-order chi connectivity index (χ0) is 21.3. The number of primary amides is 1. The van der Waals surface area contributed by atoms with Crippen LogP contribution in [0.4, 0.5) is 0 Å². The van der Waals surface area contributed by atoms with Crippen LogP contribution in [0.3, 0.4) is 0 Å². The normalized spacial score (nSPS) is 25.7. The molecule has 2 heterocycles. The Morgan fingerprint density at radius 1 is 1.24 bits per heavy atom. The highest BCUT2D eigenvalue weighted by atomic mass is 35.5. The molecule has 0 aromatic heterocycles. The van der Waals surface area contributed by atoms with Crippen LogP contribution < -0.4 is 5.73 Å². The van der Waals surface area contributed by atoms with Crippen LogP contribution in [0.2, 0.25) is 10.0 Å². The molecule has 1 aromatic rings. The molecule has 3 atom stereocenters. The lowest BCUT2D eigenvalue weighted by Crippen LogP contribution is -2.56. The summed E-state index contributed by atoms with van der Waals surface area (Å²) < 4.78 is 33.3. The third-order valence-electron chi connectivity index (χ3n) is 5.43. The Morgan fingerprint density at radius 3 is 2.48 bits per heavy atom. The number of ether oxygens (including phenoxy) is 1. The minimum Gasteiger partial charge on any atom is -0.383 e. The molecular weight excluding hydrogens is 441 g/mol. The molecular formula is C18H23Cl2N3O5S. The molecule has 1 aromatic carbocycles. The average molecular weight is 464 g/mol. The number of nitrogens with two attached hydrogens (primary N) is 1. The number of amides is 2. The van der Waals surface area contributed by atoms with E-state index >= 15 is 0 Å². The third kappa shape index (κ3) is 4.39. The summed E-state index contributed by atoms with van der Waals surface area (Å²) in [5.41, 5.74) is 5.63. The number of piperidine rings is 1. The van der Waals surface area contributed by atoms with E-state index in [0.29, 0.717) is 19.3 Å². The van der Waals surface area contributed by atoms with Gasteiger partial charge in [-0.15, -0.1) is 0 Å². The number of fused-ring (bicyclic) bond motifs is 2. The number of rotatable bonds is 6. The topological polar surface area (TPSA) is 110 Å². The SMILES string of the molecule is COCCN1C[C@H](C(N)=O)[C@@H]2CCCC(C1=O)N2S(=O)(=O)c1cc(Cl)cc(Cl)c1. The van der Waals surface area contributed by atoms with Crippen molar-refractivity contribution >= 4 is 45.0 Å². The maximum atomic E-state index is 13.6. The summed E-state index contributed by atoms with van der Waals surface area (Å²) in [6.45, 7) is 0.575. The van der Waals surface area contributed by atoms with Gasteiger partial charge in [0, 0.05) is 36.3 Å². The molecule has 0 spiro atoms. The predicted octanol–water partition coefficient (Wildman–Crippen LogP) is 1.50. The summed E-state index contributed by atoms with van der Waals surface area (Å²) in [7, 11) is -2.65. The van der Waals surface area contributed by atoms with E-state index in [0.717, 1.165) is 4.31 Å². The van der Waals surface area contributed by atoms with E-state index in [1.54, 1.807) is 0 Å². The summed E-state index contributed by atoms with van der Waals surface area (Å²) in [6, 6.07) is 2.36. The monoisotopic (exact) mass is 463 g/mol. The number of methoxy groups -OCH3 is 1. The van der Waals surface area contributed by atoms with Crippen LogP contribution in [-0.2, 0) is 24.3 Å².